The van der Waals surface area contributed by atoms with Crippen LogP contribution < -0.4 is 10.2 Å². The summed E-state index contributed by atoms with van der Waals surface area (Å²) in [5.74, 6) is -2.99. The largest absolute Gasteiger partial charge is 2.00 e. The van der Waals surface area contributed by atoms with Crippen LogP contribution in [0, 0.1) is 6.92 Å². The van der Waals surface area contributed by atoms with Gasteiger partial charge in [0.2, 0.25) is 17.4 Å². The number of methoxy groups -OCH3 is 1. The third-order valence-electron chi connectivity index (χ3n) is 14.6. The van der Waals surface area contributed by atoms with Gasteiger partial charge in [-0.15, -0.1) is 0 Å². The first-order chi connectivity index (χ1) is 46.2. The Morgan fingerprint density at radius 3 is 1.20 bits per heavy atom. The van der Waals surface area contributed by atoms with E-state index in [9.17, 15) is 53.9 Å². The molecule has 0 bridgehead atoms. The van der Waals surface area contributed by atoms with E-state index in [1.54, 1.807) is 30.7 Å². The van der Waals surface area contributed by atoms with E-state index < -0.39 is 53.9 Å². The number of fused-ring (bicyclic) bond motifs is 5. The van der Waals surface area contributed by atoms with Gasteiger partial charge in [0.25, 0.3) is 0 Å². The number of H-pyrrole nitrogens is 1. The Balaban J connectivity index is 0.000000156. The summed E-state index contributed by atoms with van der Waals surface area (Å²) in [7, 11) is 1.32. The second-order valence-electron chi connectivity index (χ2n) is 21.4. The van der Waals surface area contributed by atoms with Crippen LogP contribution >= 0.6 is 0 Å². The van der Waals surface area contributed by atoms with E-state index >= 15 is 0 Å². The van der Waals surface area contributed by atoms with Crippen LogP contribution in [-0.4, -0.2) is 101 Å². The Morgan fingerprint density at radius 2 is 0.837 bits per heavy atom. The molecule has 0 amide bonds. The summed E-state index contributed by atoms with van der Waals surface area (Å²) in [6, 6.07) is 32.8. The molecule has 1 N–H and O–H groups in total. The molecule has 0 radical (unpaired) electrons. The molecule has 13 rings (SSSR count). The van der Waals surface area contributed by atoms with Crippen molar-refractivity contribution >= 4 is 72.1 Å². The summed E-state index contributed by atoms with van der Waals surface area (Å²) in [5.41, 5.74) is 8.96. The number of esters is 1. The average Bonchev–Trinajstić information content (AvgIpc) is 1.15. The Morgan fingerprint density at radius 1 is 0.459 bits per heavy atom. The monoisotopic (exact) mass is 1530 g/mol. The molecule has 8 aromatic heterocycles. The van der Waals surface area contributed by atoms with Crippen molar-refractivity contribution in [1.82, 2.24) is 80.4 Å². The quantitative estimate of drug-likeness (QED) is 0.0515. The van der Waals surface area contributed by atoms with E-state index in [4.69, 9.17) is 0 Å². The molecule has 20 nitrogen and oxygen atoms in total. The van der Waals surface area contributed by atoms with Crippen LogP contribution in [0.2, 0.25) is 0 Å². The molecule has 0 saturated heterocycles. The molecule has 0 saturated carbocycles. The van der Waals surface area contributed by atoms with Crippen LogP contribution in [0.15, 0.2) is 140 Å². The normalized spacial score (nSPS) is 11.3. The number of aromatic nitrogens is 16. The zero-order chi connectivity index (χ0) is 69.8. The van der Waals surface area contributed by atoms with Gasteiger partial charge in [0.1, 0.15) is 28.7 Å². The van der Waals surface area contributed by atoms with Crippen LogP contribution in [0.1, 0.15) is 107 Å². The molecule has 5 aromatic carbocycles. The summed E-state index contributed by atoms with van der Waals surface area (Å²) in [5, 5.41) is 24.6. The molecular formula is C68H57F9N16O4Pt. The molecule has 0 atom stereocenters. The SMILES string of the molecule is CCc1ccc2cnc(-c3cc(C(F)(F)F)[nH]n3)nc2c1.CCc1ccc2cnc(-c3cc(C(F)(F)F)n[n-]3)nc2c1.CCc1ccc2cnc(-c3cc(C)n[n-]3)nc2c1.CCc1ccc2cnc(C(=O)CC(=O)C(F)(F)F)nc2c1.CCc1ccc2cnc(C(=O)OC)nc2c1.[Pt+2]. The minimum atomic E-state index is -5.03. The van der Waals surface area contributed by atoms with Gasteiger partial charge in [-0.25, -0.2) is 54.6 Å². The zero-order valence-electron chi connectivity index (χ0n) is 53.1. The third kappa shape index (κ3) is 18.6. The zero-order valence-corrected chi connectivity index (χ0v) is 55.4. The number of Topliss-reactive ketones (excluding diaryl/α,β-unsaturated/α-hetero) is 2. The molecule has 30 heteroatoms. The Labute approximate surface area is 566 Å². The van der Waals surface area contributed by atoms with Crippen molar-refractivity contribution in [2.24, 2.45) is 0 Å². The number of aryl methyl sites for hydroxylation is 6. The van der Waals surface area contributed by atoms with Crippen molar-refractivity contribution in [1.29, 1.82) is 0 Å². The molecule has 0 aliphatic carbocycles. The minimum Gasteiger partial charge on any atom is -0.572 e. The number of benzene rings is 5. The fourth-order valence-corrected chi connectivity index (χ4v) is 9.09. The molecule has 13 aromatic rings. The van der Waals surface area contributed by atoms with Crippen molar-refractivity contribution in [3.05, 3.63) is 197 Å². The molecule has 0 aliphatic rings. The van der Waals surface area contributed by atoms with Crippen LogP contribution in [0.4, 0.5) is 39.5 Å². The molecule has 0 unspecified atom stereocenters. The van der Waals surface area contributed by atoms with E-state index in [0.29, 0.717) is 27.8 Å². The number of halogens is 9. The number of rotatable bonds is 12. The fraction of sp³-hybridized carbons (Fsp3) is 0.235. The average molecular weight is 1530 g/mol. The molecule has 0 spiro atoms. The van der Waals surface area contributed by atoms with E-state index in [0.717, 1.165) is 105 Å². The van der Waals surface area contributed by atoms with Gasteiger partial charge in [0, 0.05) is 63.6 Å². The number of aromatic amines is 1. The maximum Gasteiger partial charge on any atom is 2.00 e. The molecular weight excluding hydrogens is 1470 g/mol. The molecule has 98 heavy (non-hydrogen) atoms. The van der Waals surface area contributed by atoms with Crippen molar-refractivity contribution in [3.8, 4) is 34.6 Å². The summed E-state index contributed by atoms with van der Waals surface area (Å²) in [6.07, 6.45) is -2.90. The Kier molecular flexibility index (Phi) is 23.8. The van der Waals surface area contributed by atoms with Crippen LogP contribution in [0.25, 0.3) is 89.1 Å². The van der Waals surface area contributed by atoms with E-state index in [1.165, 1.54) is 24.4 Å². The molecule has 0 fully saturated rings. The Bertz CT molecular complexity index is 4850. The van der Waals surface area contributed by atoms with Gasteiger partial charge in [-0.3, -0.25) is 14.7 Å². The van der Waals surface area contributed by atoms with E-state index in [1.807, 2.05) is 106 Å². The van der Waals surface area contributed by atoms with Crippen LogP contribution in [0.3, 0.4) is 0 Å². The first-order valence-electron chi connectivity index (χ1n) is 29.9. The standard InChI is InChI=1S/C14H11F3N4.C14H10F3N4.C14H11F3N2O2.C14H13N4.C12H12N2O2.Pt/c2*1-2-8-3-4-9-7-18-13(19-10(9)5-8)11-6-12(21-20-11)14(15,16)17;1-2-8-3-4-9-7-18-13(19-10(9)5-8)11(20)6-12(21)14(15,16)17;1-3-10-4-5-11-8-15-14(16-12(11)7-10)13-6-9(2)17-18-13;1-3-8-4-5-9-7-13-11(12(15)16-2)14-10(9)6-8;/h3-7H,2H2,1H3,(H,20,21);3-7H,2H2,1H3;3-5,7H,2,6H2,1H3;4-8H,3H2,1-2H3;4-7H,3H2,1-2H3;/q;-1;;-1;;+2. The summed E-state index contributed by atoms with van der Waals surface area (Å²) in [4.78, 5) is 75.1. The second kappa shape index (κ2) is 31.9. The van der Waals surface area contributed by atoms with Gasteiger partial charge >= 0.3 is 45.6 Å². The van der Waals surface area contributed by atoms with Gasteiger partial charge < -0.3 is 25.1 Å². The fourth-order valence-electron chi connectivity index (χ4n) is 9.09. The number of alkyl halides is 9. The first-order valence-corrected chi connectivity index (χ1v) is 29.9. The molecule has 506 valence electrons. The minimum absolute atomic E-state index is 0. The smallest absolute Gasteiger partial charge is 0.572 e. The number of hydrogen-bond acceptors (Lipinski definition) is 17. The van der Waals surface area contributed by atoms with Crippen molar-refractivity contribution in [2.45, 2.75) is 98.6 Å². The summed E-state index contributed by atoms with van der Waals surface area (Å²) in [6.45, 7) is 12.1. The number of nitrogens with zero attached hydrogens (tertiary/aromatic N) is 15. The maximum atomic E-state index is 12.6. The number of ether oxygens (including phenoxy) is 1. The number of ketones is 2. The number of hydrogen-bond donors (Lipinski definition) is 1. The second-order valence-corrected chi connectivity index (χ2v) is 21.4. The van der Waals surface area contributed by atoms with Crippen molar-refractivity contribution < 1.29 is 79.7 Å². The number of carbonyl (C=O) groups is 3. The van der Waals surface area contributed by atoms with Crippen LogP contribution in [-0.2, 0) is 75.1 Å². The summed E-state index contributed by atoms with van der Waals surface area (Å²) >= 11 is 0. The van der Waals surface area contributed by atoms with E-state index in [2.05, 4.69) is 112 Å². The van der Waals surface area contributed by atoms with E-state index in [-0.39, 0.29) is 55.8 Å². The van der Waals surface area contributed by atoms with Crippen LogP contribution in [0.5, 0.6) is 0 Å². The van der Waals surface area contributed by atoms with Crippen molar-refractivity contribution in [2.75, 3.05) is 7.11 Å². The molecule has 8 heterocycles. The van der Waals surface area contributed by atoms with Gasteiger partial charge in [0.15, 0.2) is 11.6 Å². The predicted molar refractivity (Wildman–Crippen MR) is 341 cm³/mol. The first kappa shape index (κ1) is 73.1. The number of carbonyl (C=O) groups excluding carboxylic acids is 3. The summed E-state index contributed by atoms with van der Waals surface area (Å²) < 4.78 is 116. The van der Waals surface area contributed by atoms with Gasteiger partial charge in [-0.05, 0) is 109 Å². The predicted octanol–water partition coefficient (Wildman–Crippen LogP) is 14.2. The van der Waals surface area contributed by atoms with Crippen molar-refractivity contribution in [3.63, 3.8) is 0 Å². The molecule has 0 aliphatic heterocycles. The topological polar surface area (TPSA) is 272 Å². The third-order valence-corrected chi connectivity index (χ3v) is 14.6. The maximum absolute atomic E-state index is 12.6. The Hall–Kier alpha value is -10.7. The van der Waals surface area contributed by atoms with Gasteiger partial charge in [-0.2, -0.15) is 44.6 Å². The van der Waals surface area contributed by atoms with Gasteiger partial charge in [0.05, 0.1) is 41.1 Å². The van der Waals surface area contributed by atoms with Gasteiger partial charge in [-0.1, -0.05) is 113 Å². The number of nitrogens with one attached hydrogen (secondary N) is 1.